The van der Waals surface area contributed by atoms with E-state index in [0.717, 1.165) is 21.8 Å². The van der Waals surface area contributed by atoms with Crippen LogP contribution < -0.4 is 4.72 Å². The van der Waals surface area contributed by atoms with Crippen molar-refractivity contribution in [2.45, 2.75) is 38.5 Å². The highest BCUT2D eigenvalue weighted by Crippen LogP contribution is 2.22. The number of hydrogen-bond donors (Lipinski definition) is 1. The molecule has 0 saturated carbocycles. The molecule has 2 atom stereocenters. The quantitative estimate of drug-likeness (QED) is 0.892. The van der Waals surface area contributed by atoms with E-state index in [1.165, 1.54) is 0 Å². The molecule has 2 aromatic rings. The van der Waals surface area contributed by atoms with Crippen molar-refractivity contribution < 1.29 is 4.21 Å². The summed E-state index contributed by atoms with van der Waals surface area (Å²) in [7, 11) is -1.12. The molecule has 0 saturated heterocycles. The summed E-state index contributed by atoms with van der Waals surface area (Å²) in [5.41, 5.74) is 2.97. The van der Waals surface area contributed by atoms with Crippen LogP contribution in [0, 0.1) is 0 Å². The van der Waals surface area contributed by atoms with Gasteiger partial charge in [0.15, 0.2) is 0 Å². The summed E-state index contributed by atoms with van der Waals surface area (Å²) in [4.78, 5) is 4.48. The average Bonchev–Trinajstić information content (AvgIpc) is 2.47. The molecule has 0 bridgehead atoms. The van der Waals surface area contributed by atoms with Gasteiger partial charge in [-0.05, 0) is 51.5 Å². The number of nitrogens with one attached hydrogen (secondary N) is 1. The molecule has 0 aliphatic carbocycles. The van der Waals surface area contributed by atoms with Crippen LogP contribution >= 0.6 is 11.6 Å². The Balaban J connectivity index is 2.11. The number of benzene rings is 1. The summed E-state index contributed by atoms with van der Waals surface area (Å²) in [6.07, 6.45) is 1.83. The van der Waals surface area contributed by atoms with Crippen molar-refractivity contribution in [2.24, 2.45) is 0 Å². The number of hydrogen-bond acceptors (Lipinski definition) is 2. The third-order valence-corrected chi connectivity index (χ3v) is 5.18. The van der Waals surface area contributed by atoms with E-state index in [2.05, 4.69) is 9.71 Å². The van der Waals surface area contributed by atoms with Gasteiger partial charge in [0, 0.05) is 16.8 Å². The zero-order valence-corrected chi connectivity index (χ0v) is 14.8. The maximum absolute atomic E-state index is 12.1. The van der Waals surface area contributed by atoms with Crippen LogP contribution in [0.15, 0.2) is 42.6 Å². The zero-order valence-electron chi connectivity index (χ0n) is 13.3. The molecule has 0 radical (unpaired) electrons. The van der Waals surface area contributed by atoms with Crippen molar-refractivity contribution in [3.05, 3.63) is 53.3 Å². The molecule has 0 spiro atoms. The lowest BCUT2D eigenvalue weighted by molar-refractivity contribution is 0.611. The Kier molecular flexibility index (Phi) is 5.37. The second-order valence-electron chi connectivity index (χ2n) is 6.20. The summed E-state index contributed by atoms with van der Waals surface area (Å²) in [5.74, 6) is 0. The van der Waals surface area contributed by atoms with Crippen LogP contribution in [0.5, 0.6) is 0 Å². The van der Waals surface area contributed by atoms with Crippen LogP contribution in [-0.4, -0.2) is 13.9 Å². The Morgan fingerprint density at radius 3 is 2.18 bits per heavy atom. The highest BCUT2D eigenvalue weighted by atomic mass is 35.5. The third kappa shape index (κ3) is 4.38. The van der Waals surface area contributed by atoms with Crippen molar-refractivity contribution in [2.75, 3.05) is 0 Å². The Morgan fingerprint density at radius 1 is 1.09 bits per heavy atom. The topological polar surface area (TPSA) is 42.0 Å². The molecule has 0 aliphatic rings. The van der Waals surface area contributed by atoms with Crippen molar-refractivity contribution in [3.63, 3.8) is 0 Å². The maximum atomic E-state index is 12.1. The molecule has 3 nitrogen and oxygen atoms in total. The van der Waals surface area contributed by atoms with Crippen LogP contribution in [0.2, 0.25) is 5.02 Å². The van der Waals surface area contributed by atoms with Crippen LogP contribution in [0.3, 0.4) is 0 Å². The van der Waals surface area contributed by atoms with E-state index in [9.17, 15) is 4.21 Å². The first-order chi connectivity index (χ1) is 10.3. The standard InChI is InChI=1S/C17H21ClN2OS/c1-12(20-22(21)17(2,3)4)16-10-7-14(11-19-16)13-5-8-15(18)9-6-13/h5-12,20H,1-4H3/t12-,22-/m0/s1. The fourth-order valence-corrected chi connectivity index (χ4v) is 2.79. The molecular weight excluding hydrogens is 316 g/mol. The number of pyridine rings is 1. The first-order valence-electron chi connectivity index (χ1n) is 7.17. The second-order valence-corrected chi connectivity index (χ2v) is 8.63. The smallest absolute Gasteiger partial charge is 0.0976 e. The Labute approximate surface area is 139 Å². The van der Waals surface area contributed by atoms with E-state index in [1.54, 1.807) is 0 Å². The van der Waals surface area contributed by atoms with E-state index in [4.69, 9.17) is 11.6 Å². The molecule has 0 amide bonds. The van der Waals surface area contributed by atoms with Gasteiger partial charge in [-0.15, -0.1) is 0 Å². The van der Waals surface area contributed by atoms with Crippen LogP contribution in [0.1, 0.15) is 39.4 Å². The number of aromatic nitrogens is 1. The summed E-state index contributed by atoms with van der Waals surface area (Å²) in [6, 6.07) is 11.6. The van der Waals surface area contributed by atoms with Gasteiger partial charge in [-0.25, -0.2) is 8.93 Å². The van der Waals surface area contributed by atoms with Crippen molar-refractivity contribution in [1.29, 1.82) is 0 Å². The monoisotopic (exact) mass is 336 g/mol. The number of halogens is 1. The molecular formula is C17H21ClN2OS. The fraction of sp³-hybridized carbons (Fsp3) is 0.353. The minimum Gasteiger partial charge on any atom is -0.259 e. The van der Waals surface area contributed by atoms with Crippen molar-refractivity contribution in [3.8, 4) is 11.1 Å². The molecule has 1 N–H and O–H groups in total. The van der Waals surface area contributed by atoms with Gasteiger partial charge in [0.05, 0.1) is 27.5 Å². The first-order valence-corrected chi connectivity index (χ1v) is 8.70. The predicted octanol–water partition coefficient (Wildman–Crippen LogP) is 4.51. The van der Waals surface area contributed by atoms with Crippen LogP contribution in [-0.2, 0) is 11.0 Å². The number of rotatable bonds is 4. The van der Waals surface area contributed by atoms with Gasteiger partial charge >= 0.3 is 0 Å². The zero-order chi connectivity index (χ0) is 16.3. The molecule has 1 aromatic carbocycles. The summed E-state index contributed by atoms with van der Waals surface area (Å²) in [6.45, 7) is 7.80. The van der Waals surface area contributed by atoms with Crippen LogP contribution in [0.4, 0.5) is 0 Å². The molecule has 5 heteroatoms. The molecule has 0 unspecified atom stereocenters. The summed E-state index contributed by atoms with van der Waals surface area (Å²) >= 11 is 5.90. The molecule has 1 aromatic heterocycles. The molecule has 2 rings (SSSR count). The van der Waals surface area contributed by atoms with Crippen LogP contribution in [0.25, 0.3) is 11.1 Å². The highest BCUT2D eigenvalue weighted by Gasteiger charge is 2.22. The number of nitrogens with zero attached hydrogens (tertiary/aromatic N) is 1. The minimum absolute atomic E-state index is 0.0701. The molecule has 1 heterocycles. The van der Waals surface area contributed by atoms with Gasteiger partial charge in [0.1, 0.15) is 0 Å². The van der Waals surface area contributed by atoms with Gasteiger partial charge < -0.3 is 0 Å². The Hall–Kier alpha value is -1.23. The summed E-state index contributed by atoms with van der Waals surface area (Å²) < 4.78 is 14.9. The van der Waals surface area contributed by atoms with E-state index >= 15 is 0 Å². The molecule has 0 aliphatic heterocycles. The SMILES string of the molecule is C[C@H](N[S@@](=O)C(C)(C)C)c1ccc(-c2ccc(Cl)cc2)cn1. The Morgan fingerprint density at radius 2 is 1.68 bits per heavy atom. The van der Waals surface area contributed by atoms with E-state index in [-0.39, 0.29) is 10.8 Å². The first kappa shape index (κ1) is 17.1. The molecule has 118 valence electrons. The fourth-order valence-electron chi connectivity index (χ4n) is 1.87. The molecule has 22 heavy (non-hydrogen) atoms. The van der Waals surface area contributed by atoms with Gasteiger partial charge in [0.2, 0.25) is 0 Å². The average molecular weight is 337 g/mol. The third-order valence-electron chi connectivity index (χ3n) is 3.25. The lowest BCUT2D eigenvalue weighted by atomic mass is 10.1. The normalized spacial score (nSPS) is 14.6. The van der Waals surface area contributed by atoms with Gasteiger partial charge in [-0.3, -0.25) is 4.98 Å². The lowest BCUT2D eigenvalue weighted by Gasteiger charge is -2.21. The van der Waals surface area contributed by atoms with Crippen molar-refractivity contribution in [1.82, 2.24) is 9.71 Å². The van der Waals surface area contributed by atoms with E-state index < -0.39 is 11.0 Å². The maximum Gasteiger partial charge on any atom is 0.0976 e. The van der Waals surface area contributed by atoms with Gasteiger partial charge in [-0.1, -0.05) is 29.8 Å². The molecule has 0 fully saturated rings. The Bertz CT molecular complexity index is 648. The van der Waals surface area contributed by atoms with Gasteiger partial charge in [0.25, 0.3) is 0 Å². The van der Waals surface area contributed by atoms with E-state index in [1.807, 2.05) is 70.3 Å². The van der Waals surface area contributed by atoms with Gasteiger partial charge in [-0.2, -0.15) is 0 Å². The summed E-state index contributed by atoms with van der Waals surface area (Å²) in [5, 5.41) is 0.718. The predicted molar refractivity (Wildman–Crippen MR) is 94.1 cm³/mol. The minimum atomic E-state index is -1.12. The highest BCUT2D eigenvalue weighted by molar-refractivity contribution is 7.84. The lowest BCUT2D eigenvalue weighted by Crippen LogP contribution is -2.35. The van der Waals surface area contributed by atoms with Crippen molar-refractivity contribution >= 4 is 22.6 Å². The van der Waals surface area contributed by atoms with E-state index in [0.29, 0.717) is 0 Å². The largest absolute Gasteiger partial charge is 0.259 e. The second kappa shape index (κ2) is 6.90.